The first kappa shape index (κ1) is 19.4. The Labute approximate surface area is 112 Å². The highest BCUT2D eigenvalue weighted by Crippen LogP contribution is 2.23. The Bertz CT molecular complexity index is 271. The molecule has 0 heterocycles. The lowest BCUT2D eigenvalue weighted by atomic mass is 10.1. The van der Waals surface area contributed by atoms with Crippen molar-refractivity contribution < 1.29 is 35.8 Å². The molecule has 122 valence electrons. The normalized spacial score (nSPS) is 14.7. The van der Waals surface area contributed by atoms with E-state index in [1.807, 2.05) is 0 Å². The van der Waals surface area contributed by atoms with Crippen molar-refractivity contribution in [2.24, 2.45) is 5.73 Å². The Balaban J connectivity index is 4.23. The van der Waals surface area contributed by atoms with Gasteiger partial charge in [-0.15, -0.1) is 0 Å². The van der Waals surface area contributed by atoms with E-state index in [0.717, 1.165) is 0 Å². The largest absolute Gasteiger partial charge is 0.379 e. The van der Waals surface area contributed by atoms with Gasteiger partial charge in [-0.2, -0.15) is 26.3 Å². The van der Waals surface area contributed by atoms with Gasteiger partial charge in [-0.05, 0) is 20.8 Å². The summed E-state index contributed by atoms with van der Waals surface area (Å²) in [5.74, 6) is 0. The third-order valence-electron chi connectivity index (χ3n) is 1.75. The molecule has 0 atom stereocenters. The average Bonchev–Trinajstić information content (AvgIpc) is 2.20. The SMILES string of the molecule is CC(C)(C)NCC(F)(F)OCC(F)(F)OCC(N)(F)F. The monoisotopic (exact) mass is 312 g/mol. The van der Waals surface area contributed by atoms with E-state index in [0.29, 0.717) is 0 Å². The van der Waals surface area contributed by atoms with Crippen molar-refractivity contribution >= 4 is 0 Å². The first-order valence-corrected chi connectivity index (χ1v) is 5.57. The minimum absolute atomic E-state index is 0.673. The van der Waals surface area contributed by atoms with Gasteiger partial charge in [0.05, 0.1) is 6.54 Å². The standard InChI is InChI=1S/C10H18F6N2O2/c1-7(2,3)18-4-9(13,14)20-6-10(15,16)19-5-8(11,12)17/h18H,4-6,17H2,1-3H3. The van der Waals surface area contributed by atoms with E-state index >= 15 is 0 Å². The minimum Gasteiger partial charge on any atom is -0.311 e. The number of rotatable bonds is 8. The lowest BCUT2D eigenvalue weighted by molar-refractivity contribution is -0.331. The van der Waals surface area contributed by atoms with E-state index in [1.165, 1.54) is 0 Å². The zero-order valence-corrected chi connectivity index (χ0v) is 11.3. The Morgan fingerprint density at radius 2 is 1.30 bits per heavy atom. The van der Waals surface area contributed by atoms with Crippen molar-refractivity contribution in [2.75, 3.05) is 19.8 Å². The predicted molar refractivity (Wildman–Crippen MR) is 58.7 cm³/mol. The second-order valence-corrected chi connectivity index (χ2v) is 5.22. The highest BCUT2D eigenvalue weighted by atomic mass is 19.3. The van der Waals surface area contributed by atoms with Crippen LogP contribution in [0.25, 0.3) is 0 Å². The predicted octanol–water partition coefficient (Wildman–Crippen LogP) is 2.14. The molecule has 20 heavy (non-hydrogen) atoms. The molecule has 0 aliphatic carbocycles. The molecule has 0 aromatic carbocycles. The van der Waals surface area contributed by atoms with Crippen molar-refractivity contribution in [2.45, 2.75) is 44.6 Å². The highest BCUT2D eigenvalue weighted by molar-refractivity contribution is 4.73. The lowest BCUT2D eigenvalue weighted by Gasteiger charge is -2.26. The summed E-state index contributed by atoms with van der Waals surface area (Å²) in [5.41, 5.74) is 3.46. The van der Waals surface area contributed by atoms with Gasteiger partial charge < -0.3 is 14.8 Å². The Morgan fingerprint density at radius 1 is 0.850 bits per heavy atom. The molecule has 0 spiro atoms. The second-order valence-electron chi connectivity index (χ2n) is 5.22. The summed E-state index contributed by atoms with van der Waals surface area (Å²) in [6, 6.07) is -3.99. The summed E-state index contributed by atoms with van der Waals surface area (Å²) in [5, 5.41) is 2.35. The van der Waals surface area contributed by atoms with Crippen LogP contribution in [0, 0.1) is 0 Å². The molecule has 0 rings (SSSR count). The quantitative estimate of drug-likeness (QED) is 0.533. The molecule has 0 aliphatic rings. The maximum absolute atomic E-state index is 13.1. The summed E-state index contributed by atoms with van der Waals surface area (Å²) in [4.78, 5) is 0. The van der Waals surface area contributed by atoms with Crippen LogP contribution in [0.3, 0.4) is 0 Å². The van der Waals surface area contributed by atoms with Crippen LogP contribution in [0.15, 0.2) is 0 Å². The summed E-state index contributed by atoms with van der Waals surface area (Å²) in [7, 11) is 0. The second kappa shape index (κ2) is 6.46. The van der Waals surface area contributed by atoms with Crippen molar-refractivity contribution in [3.63, 3.8) is 0 Å². The number of halogens is 6. The Morgan fingerprint density at radius 3 is 1.70 bits per heavy atom. The maximum atomic E-state index is 13.1. The topological polar surface area (TPSA) is 56.5 Å². The Hall–Kier alpha value is -0.580. The maximum Gasteiger partial charge on any atom is 0.379 e. The third-order valence-corrected chi connectivity index (χ3v) is 1.75. The van der Waals surface area contributed by atoms with E-state index in [1.54, 1.807) is 20.8 Å². The molecule has 10 heteroatoms. The number of hydrogen-bond acceptors (Lipinski definition) is 4. The van der Waals surface area contributed by atoms with Gasteiger partial charge >= 0.3 is 18.3 Å². The van der Waals surface area contributed by atoms with Gasteiger partial charge in [0.1, 0.15) is 13.2 Å². The number of nitrogens with one attached hydrogen (secondary N) is 1. The molecule has 0 unspecified atom stereocenters. The average molecular weight is 312 g/mol. The fourth-order valence-corrected chi connectivity index (χ4v) is 0.852. The highest BCUT2D eigenvalue weighted by Gasteiger charge is 2.40. The summed E-state index contributed by atoms with van der Waals surface area (Å²) >= 11 is 0. The number of ether oxygens (including phenoxy) is 2. The number of nitrogens with two attached hydrogens (primary N) is 1. The molecular formula is C10H18F6N2O2. The molecule has 0 bridgehead atoms. The van der Waals surface area contributed by atoms with Crippen LogP contribution in [0.2, 0.25) is 0 Å². The number of alkyl halides is 6. The van der Waals surface area contributed by atoms with Crippen molar-refractivity contribution in [3.05, 3.63) is 0 Å². The van der Waals surface area contributed by atoms with E-state index in [4.69, 9.17) is 0 Å². The molecule has 0 saturated heterocycles. The zero-order valence-electron chi connectivity index (χ0n) is 11.3. The molecule has 0 aliphatic heterocycles. The molecular weight excluding hydrogens is 294 g/mol. The van der Waals surface area contributed by atoms with Crippen LogP contribution >= 0.6 is 0 Å². The van der Waals surface area contributed by atoms with Gasteiger partial charge in [-0.1, -0.05) is 0 Å². The molecule has 0 aromatic rings. The van der Waals surface area contributed by atoms with E-state index in [9.17, 15) is 26.3 Å². The van der Waals surface area contributed by atoms with Crippen LogP contribution in [-0.2, 0) is 9.47 Å². The van der Waals surface area contributed by atoms with Gasteiger partial charge in [0.2, 0.25) is 0 Å². The van der Waals surface area contributed by atoms with Gasteiger partial charge in [-0.3, -0.25) is 5.73 Å². The van der Waals surface area contributed by atoms with Crippen LogP contribution in [0.1, 0.15) is 20.8 Å². The first-order valence-electron chi connectivity index (χ1n) is 5.57. The van der Waals surface area contributed by atoms with Gasteiger partial charge in [-0.25, -0.2) is 0 Å². The molecule has 3 N–H and O–H groups in total. The molecule has 0 radical (unpaired) electrons. The van der Waals surface area contributed by atoms with E-state index < -0.39 is 43.6 Å². The van der Waals surface area contributed by atoms with Crippen LogP contribution in [-0.4, -0.2) is 43.6 Å². The first-order chi connectivity index (χ1) is 8.62. The summed E-state index contributed by atoms with van der Waals surface area (Å²) in [6.45, 7) is 0.0646. The fraction of sp³-hybridized carbons (Fsp3) is 1.00. The molecule has 0 aromatic heterocycles. The fourth-order valence-electron chi connectivity index (χ4n) is 0.852. The molecule has 0 fully saturated rings. The smallest absolute Gasteiger partial charge is 0.311 e. The molecule has 4 nitrogen and oxygen atoms in total. The van der Waals surface area contributed by atoms with Crippen LogP contribution in [0.4, 0.5) is 26.3 Å². The molecule has 0 saturated carbocycles. The minimum atomic E-state index is -4.30. The van der Waals surface area contributed by atoms with Crippen molar-refractivity contribution in [3.8, 4) is 0 Å². The lowest BCUT2D eigenvalue weighted by Crippen LogP contribution is -2.46. The van der Waals surface area contributed by atoms with Crippen LogP contribution < -0.4 is 11.1 Å². The van der Waals surface area contributed by atoms with E-state index in [2.05, 4.69) is 20.5 Å². The van der Waals surface area contributed by atoms with Gasteiger partial charge in [0.15, 0.2) is 0 Å². The van der Waals surface area contributed by atoms with Crippen molar-refractivity contribution in [1.29, 1.82) is 0 Å². The molecule has 0 amide bonds. The zero-order chi connectivity index (χ0) is 16.2. The Kier molecular flexibility index (Phi) is 6.27. The van der Waals surface area contributed by atoms with E-state index in [-0.39, 0.29) is 0 Å². The number of hydrogen-bond donors (Lipinski definition) is 2. The summed E-state index contributed by atoms with van der Waals surface area (Å²) < 4.78 is 83.3. The third kappa shape index (κ3) is 11.3. The van der Waals surface area contributed by atoms with Gasteiger partial charge in [0, 0.05) is 5.54 Å². The van der Waals surface area contributed by atoms with Crippen molar-refractivity contribution in [1.82, 2.24) is 5.32 Å². The van der Waals surface area contributed by atoms with Gasteiger partial charge in [0.25, 0.3) is 0 Å². The van der Waals surface area contributed by atoms with Crippen LogP contribution in [0.5, 0.6) is 0 Å². The summed E-state index contributed by atoms with van der Waals surface area (Å²) in [6.07, 6.45) is -8.20.